The summed E-state index contributed by atoms with van der Waals surface area (Å²) in [6, 6.07) is 15.6. The van der Waals surface area contributed by atoms with Crippen LogP contribution in [0, 0.1) is 0 Å². The molecule has 0 unspecified atom stereocenters. The van der Waals surface area contributed by atoms with E-state index >= 15 is 0 Å². The van der Waals surface area contributed by atoms with Gasteiger partial charge in [0, 0.05) is 19.7 Å². The molecule has 1 aliphatic rings. The quantitative estimate of drug-likeness (QED) is 0.609. The minimum Gasteiger partial charge on any atom is -0.497 e. The van der Waals surface area contributed by atoms with Gasteiger partial charge in [-0.25, -0.2) is 0 Å². The van der Waals surface area contributed by atoms with Crippen LogP contribution in [-0.4, -0.2) is 55.2 Å². The molecule has 3 aromatic rings. The van der Waals surface area contributed by atoms with Crippen LogP contribution in [0.5, 0.6) is 11.5 Å². The van der Waals surface area contributed by atoms with Gasteiger partial charge in [-0.15, -0.1) is 0 Å². The van der Waals surface area contributed by atoms with Crippen molar-refractivity contribution in [2.45, 2.75) is 12.5 Å². The third kappa shape index (κ3) is 4.23. The molecule has 1 aromatic heterocycles. The Hall–Kier alpha value is -3.81. The second-order valence-electron chi connectivity index (χ2n) is 7.17. The molecule has 0 radical (unpaired) electrons. The van der Waals surface area contributed by atoms with E-state index in [4.69, 9.17) is 14.0 Å². The summed E-state index contributed by atoms with van der Waals surface area (Å²) in [7, 11) is 3.29. The summed E-state index contributed by atoms with van der Waals surface area (Å²) in [4.78, 5) is 29.5. The molecule has 2 amide bonds. The molecule has 4 rings (SSSR count). The molecule has 1 atom stereocenters. The average Bonchev–Trinajstić information content (AvgIpc) is 3.32. The van der Waals surface area contributed by atoms with E-state index in [0.29, 0.717) is 24.4 Å². The van der Waals surface area contributed by atoms with Crippen molar-refractivity contribution in [3.63, 3.8) is 0 Å². The zero-order valence-electron chi connectivity index (χ0n) is 17.4. The van der Waals surface area contributed by atoms with Crippen LogP contribution in [0.25, 0.3) is 0 Å². The highest BCUT2D eigenvalue weighted by molar-refractivity contribution is 6.02. The number of rotatable bonds is 6. The summed E-state index contributed by atoms with van der Waals surface area (Å²) in [5.41, 5.74) is 1.67. The number of amides is 2. The number of likely N-dealkylation sites (N-methyl/N-ethyl adjacent to an activating group) is 1. The zero-order chi connectivity index (χ0) is 21.8. The molecule has 2 heterocycles. The van der Waals surface area contributed by atoms with Gasteiger partial charge in [0.25, 0.3) is 11.8 Å². The maximum absolute atomic E-state index is 13.3. The number of nitrogens with zero attached hydrogens (tertiary/aromatic N) is 3. The Morgan fingerprint density at radius 2 is 1.97 bits per heavy atom. The molecule has 0 fully saturated rings. The van der Waals surface area contributed by atoms with Gasteiger partial charge in [-0.1, -0.05) is 29.4 Å². The number of ether oxygens (including phenoxy) is 2. The van der Waals surface area contributed by atoms with Crippen molar-refractivity contribution in [3.8, 4) is 11.5 Å². The molecule has 31 heavy (non-hydrogen) atoms. The number of benzene rings is 2. The SMILES string of the molecule is COc1ccc(CCN(C(=O)c2ccno2)[C@H]2COc3ccccc3N(C)C2=O)cc1. The predicted molar refractivity (Wildman–Crippen MR) is 113 cm³/mol. The number of methoxy groups -OCH3 is 1. The van der Waals surface area contributed by atoms with Gasteiger partial charge in [0.15, 0.2) is 0 Å². The van der Waals surface area contributed by atoms with Crippen LogP contribution < -0.4 is 14.4 Å². The third-order valence-corrected chi connectivity index (χ3v) is 5.33. The number of anilines is 1. The Balaban J connectivity index is 1.60. The fraction of sp³-hybridized carbons (Fsp3) is 0.261. The maximum Gasteiger partial charge on any atom is 0.293 e. The van der Waals surface area contributed by atoms with Crippen molar-refractivity contribution in [2.75, 3.05) is 32.2 Å². The Kier molecular flexibility index (Phi) is 5.88. The van der Waals surface area contributed by atoms with Crippen LogP contribution >= 0.6 is 0 Å². The fourth-order valence-corrected chi connectivity index (χ4v) is 3.57. The molecule has 2 aromatic carbocycles. The normalized spacial score (nSPS) is 15.6. The topological polar surface area (TPSA) is 85.1 Å². The summed E-state index contributed by atoms with van der Waals surface area (Å²) in [5, 5.41) is 3.63. The first-order chi connectivity index (χ1) is 15.1. The molecule has 160 valence electrons. The molecule has 0 N–H and O–H groups in total. The number of para-hydroxylation sites is 2. The lowest BCUT2D eigenvalue weighted by Gasteiger charge is -2.30. The van der Waals surface area contributed by atoms with Gasteiger partial charge in [-0.05, 0) is 36.2 Å². The highest BCUT2D eigenvalue weighted by atomic mass is 16.5. The van der Waals surface area contributed by atoms with Gasteiger partial charge in [0.1, 0.15) is 24.1 Å². The number of carbonyl (C=O) groups is 2. The minimum absolute atomic E-state index is 0.0443. The summed E-state index contributed by atoms with van der Waals surface area (Å²) in [6.07, 6.45) is 1.95. The van der Waals surface area contributed by atoms with Crippen LogP contribution in [0.15, 0.2) is 65.3 Å². The minimum atomic E-state index is -0.812. The average molecular weight is 421 g/mol. The van der Waals surface area contributed by atoms with Crippen molar-refractivity contribution in [1.82, 2.24) is 10.1 Å². The maximum atomic E-state index is 13.3. The fourth-order valence-electron chi connectivity index (χ4n) is 3.57. The smallest absolute Gasteiger partial charge is 0.293 e. The lowest BCUT2D eigenvalue weighted by molar-refractivity contribution is -0.123. The monoisotopic (exact) mass is 421 g/mol. The summed E-state index contributed by atoms with van der Waals surface area (Å²) in [6.45, 7) is 0.346. The molecule has 0 aliphatic carbocycles. The Labute approximate surface area is 179 Å². The van der Waals surface area contributed by atoms with Gasteiger partial charge in [0.2, 0.25) is 5.76 Å². The van der Waals surface area contributed by atoms with Crippen LogP contribution in [0.1, 0.15) is 16.1 Å². The molecular formula is C23H23N3O5. The second kappa shape index (κ2) is 8.91. The molecule has 0 saturated heterocycles. The number of hydrogen-bond acceptors (Lipinski definition) is 6. The molecule has 0 saturated carbocycles. The van der Waals surface area contributed by atoms with E-state index < -0.39 is 11.9 Å². The van der Waals surface area contributed by atoms with Crippen LogP contribution in [0.3, 0.4) is 0 Å². The lowest BCUT2D eigenvalue weighted by Crippen LogP contribution is -2.52. The first kappa shape index (κ1) is 20.5. The van der Waals surface area contributed by atoms with Crippen molar-refractivity contribution in [1.29, 1.82) is 0 Å². The molecule has 8 nitrogen and oxygen atoms in total. The van der Waals surface area contributed by atoms with Crippen molar-refractivity contribution in [2.24, 2.45) is 0 Å². The largest absolute Gasteiger partial charge is 0.497 e. The van der Waals surface area contributed by atoms with Crippen molar-refractivity contribution >= 4 is 17.5 Å². The predicted octanol–water partition coefficient (Wildman–Crippen LogP) is 2.79. The number of hydrogen-bond donors (Lipinski definition) is 0. The third-order valence-electron chi connectivity index (χ3n) is 5.33. The van der Waals surface area contributed by atoms with Crippen LogP contribution in [-0.2, 0) is 11.2 Å². The van der Waals surface area contributed by atoms with E-state index in [9.17, 15) is 9.59 Å². The first-order valence-electron chi connectivity index (χ1n) is 9.92. The number of fused-ring (bicyclic) bond motifs is 1. The Morgan fingerprint density at radius 3 is 2.68 bits per heavy atom. The highest BCUT2D eigenvalue weighted by Crippen LogP contribution is 2.31. The van der Waals surface area contributed by atoms with Crippen molar-refractivity contribution in [3.05, 3.63) is 72.1 Å². The van der Waals surface area contributed by atoms with E-state index in [1.54, 1.807) is 14.2 Å². The summed E-state index contributed by atoms with van der Waals surface area (Å²) < 4.78 is 16.2. The molecular weight excluding hydrogens is 398 g/mol. The first-order valence-corrected chi connectivity index (χ1v) is 9.92. The van der Waals surface area contributed by atoms with E-state index in [1.165, 1.54) is 22.1 Å². The van der Waals surface area contributed by atoms with Crippen molar-refractivity contribution < 1.29 is 23.6 Å². The van der Waals surface area contributed by atoms with Crippen LogP contribution in [0.4, 0.5) is 5.69 Å². The van der Waals surface area contributed by atoms with E-state index in [0.717, 1.165) is 11.3 Å². The zero-order valence-corrected chi connectivity index (χ0v) is 17.4. The Morgan fingerprint density at radius 1 is 1.19 bits per heavy atom. The number of carbonyl (C=O) groups excluding carboxylic acids is 2. The van der Waals surface area contributed by atoms with Gasteiger partial charge in [-0.3, -0.25) is 9.59 Å². The molecule has 0 spiro atoms. The van der Waals surface area contributed by atoms with E-state index in [-0.39, 0.29) is 18.3 Å². The summed E-state index contributed by atoms with van der Waals surface area (Å²) >= 11 is 0. The van der Waals surface area contributed by atoms with E-state index in [2.05, 4.69) is 5.16 Å². The van der Waals surface area contributed by atoms with Gasteiger partial charge in [0.05, 0.1) is 19.0 Å². The van der Waals surface area contributed by atoms with Gasteiger partial charge in [-0.2, -0.15) is 0 Å². The standard InChI is InChI=1S/C23H23N3O5/c1-25-18-5-3-4-6-20(18)30-15-19(22(25)27)26(23(28)21-11-13-24-31-21)14-12-16-7-9-17(29-2)10-8-16/h3-11,13,19H,12,14-15H2,1-2H3/t19-/m0/s1. The summed E-state index contributed by atoms with van der Waals surface area (Å²) in [5.74, 6) is 0.792. The van der Waals surface area contributed by atoms with Crippen LogP contribution in [0.2, 0.25) is 0 Å². The van der Waals surface area contributed by atoms with Gasteiger partial charge < -0.3 is 23.8 Å². The molecule has 8 heteroatoms. The highest BCUT2D eigenvalue weighted by Gasteiger charge is 2.37. The van der Waals surface area contributed by atoms with Gasteiger partial charge >= 0.3 is 0 Å². The second-order valence-corrected chi connectivity index (χ2v) is 7.17. The molecule has 1 aliphatic heterocycles. The van der Waals surface area contributed by atoms with E-state index in [1.807, 2.05) is 48.5 Å². The molecule has 0 bridgehead atoms. The lowest BCUT2D eigenvalue weighted by atomic mass is 10.1. The Bertz CT molecular complexity index is 1050. The number of aromatic nitrogens is 1.